The fourth-order valence-electron chi connectivity index (χ4n) is 1.65. The SMILES string of the molecule is O=C(O)c1ccc(Cc2cccc(F)c2)[nH]c1=O. The van der Waals surface area contributed by atoms with Gasteiger partial charge in [-0.05, 0) is 29.8 Å². The number of H-pyrrole nitrogens is 1. The van der Waals surface area contributed by atoms with Gasteiger partial charge >= 0.3 is 5.97 Å². The van der Waals surface area contributed by atoms with Gasteiger partial charge < -0.3 is 10.1 Å². The van der Waals surface area contributed by atoms with Gasteiger partial charge in [0.1, 0.15) is 11.4 Å². The highest BCUT2D eigenvalue weighted by atomic mass is 19.1. The molecule has 1 aromatic heterocycles. The lowest BCUT2D eigenvalue weighted by Crippen LogP contribution is -2.18. The van der Waals surface area contributed by atoms with E-state index in [0.29, 0.717) is 17.7 Å². The number of carbonyl (C=O) groups is 1. The first-order valence-corrected chi connectivity index (χ1v) is 5.26. The van der Waals surface area contributed by atoms with E-state index in [9.17, 15) is 14.0 Å². The number of hydrogen-bond donors (Lipinski definition) is 2. The second kappa shape index (κ2) is 4.83. The van der Waals surface area contributed by atoms with E-state index in [4.69, 9.17) is 5.11 Å². The van der Waals surface area contributed by atoms with Crippen molar-refractivity contribution in [3.05, 3.63) is 69.4 Å². The van der Waals surface area contributed by atoms with E-state index in [-0.39, 0.29) is 11.4 Å². The molecule has 0 aliphatic carbocycles. The Morgan fingerprint density at radius 3 is 2.67 bits per heavy atom. The summed E-state index contributed by atoms with van der Waals surface area (Å²) in [6, 6.07) is 8.76. The highest BCUT2D eigenvalue weighted by Gasteiger charge is 2.08. The Hall–Kier alpha value is -2.43. The molecule has 2 N–H and O–H groups in total. The minimum absolute atomic E-state index is 0.307. The standard InChI is InChI=1S/C13H10FNO3/c14-9-3-1-2-8(6-9)7-10-4-5-11(13(17)18)12(16)15-10/h1-6H,7H2,(H,15,16)(H,17,18). The summed E-state index contributed by atoms with van der Waals surface area (Å²) in [6.45, 7) is 0. The Labute approximate surface area is 102 Å². The summed E-state index contributed by atoms with van der Waals surface area (Å²) in [5.74, 6) is -1.62. The smallest absolute Gasteiger partial charge is 0.341 e. The number of pyridine rings is 1. The molecule has 4 nitrogen and oxygen atoms in total. The maximum atomic E-state index is 13.0. The second-order valence-electron chi connectivity index (χ2n) is 3.84. The van der Waals surface area contributed by atoms with Gasteiger partial charge in [-0.15, -0.1) is 0 Å². The van der Waals surface area contributed by atoms with Crippen LogP contribution in [0.15, 0.2) is 41.2 Å². The summed E-state index contributed by atoms with van der Waals surface area (Å²) < 4.78 is 13.0. The maximum Gasteiger partial charge on any atom is 0.341 e. The topological polar surface area (TPSA) is 70.2 Å². The molecule has 18 heavy (non-hydrogen) atoms. The molecule has 0 radical (unpaired) electrons. The van der Waals surface area contributed by atoms with Crippen LogP contribution >= 0.6 is 0 Å². The molecule has 1 heterocycles. The van der Waals surface area contributed by atoms with E-state index in [2.05, 4.69) is 4.98 Å². The van der Waals surface area contributed by atoms with Crippen LogP contribution in [-0.4, -0.2) is 16.1 Å². The molecule has 2 aromatic rings. The first kappa shape index (κ1) is 12.0. The molecule has 0 saturated carbocycles. The fourth-order valence-corrected chi connectivity index (χ4v) is 1.65. The van der Waals surface area contributed by atoms with Crippen LogP contribution in [0.5, 0.6) is 0 Å². The van der Waals surface area contributed by atoms with E-state index >= 15 is 0 Å². The van der Waals surface area contributed by atoms with Crippen molar-refractivity contribution in [1.82, 2.24) is 4.98 Å². The van der Waals surface area contributed by atoms with Crippen molar-refractivity contribution in [3.63, 3.8) is 0 Å². The molecule has 2 rings (SSSR count). The van der Waals surface area contributed by atoms with E-state index in [1.165, 1.54) is 24.3 Å². The summed E-state index contributed by atoms with van der Waals surface area (Å²) in [7, 11) is 0. The highest BCUT2D eigenvalue weighted by Crippen LogP contribution is 2.08. The number of aromatic carboxylic acids is 1. The minimum Gasteiger partial charge on any atom is -0.477 e. The van der Waals surface area contributed by atoms with E-state index in [1.807, 2.05) is 0 Å². The number of aromatic amines is 1. The second-order valence-corrected chi connectivity index (χ2v) is 3.84. The van der Waals surface area contributed by atoms with Gasteiger partial charge in [-0.2, -0.15) is 0 Å². The molecule has 0 amide bonds. The van der Waals surface area contributed by atoms with Crippen molar-refractivity contribution < 1.29 is 14.3 Å². The first-order valence-electron chi connectivity index (χ1n) is 5.26. The van der Waals surface area contributed by atoms with Crippen LogP contribution in [0.3, 0.4) is 0 Å². The van der Waals surface area contributed by atoms with Gasteiger partial charge in [-0.3, -0.25) is 4.79 Å². The molecule has 0 bridgehead atoms. The lowest BCUT2D eigenvalue weighted by Gasteiger charge is -2.02. The monoisotopic (exact) mass is 247 g/mol. The third kappa shape index (κ3) is 2.63. The van der Waals surface area contributed by atoms with Crippen LogP contribution in [0, 0.1) is 5.82 Å². The van der Waals surface area contributed by atoms with Gasteiger partial charge in [-0.25, -0.2) is 9.18 Å². The van der Waals surface area contributed by atoms with E-state index in [1.54, 1.807) is 12.1 Å². The number of carboxylic acid groups (broad SMARTS) is 1. The summed E-state index contributed by atoms with van der Waals surface area (Å²) in [5, 5.41) is 8.71. The minimum atomic E-state index is -1.27. The van der Waals surface area contributed by atoms with Crippen molar-refractivity contribution >= 4 is 5.97 Å². The Bertz CT molecular complexity index is 649. The molecule has 0 saturated heterocycles. The third-order valence-electron chi connectivity index (χ3n) is 2.48. The lowest BCUT2D eigenvalue weighted by atomic mass is 10.1. The van der Waals surface area contributed by atoms with Crippen molar-refractivity contribution in [2.24, 2.45) is 0 Å². The zero-order valence-corrected chi connectivity index (χ0v) is 9.31. The molecule has 1 aromatic carbocycles. The summed E-state index contributed by atoms with van der Waals surface area (Å²) in [5.41, 5.74) is 0.277. The quantitative estimate of drug-likeness (QED) is 0.868. The third-order valence-corrected chi connectivity index (χ3v) is 2.48. The number of benzene rings is 1. The Morgan fingerprint density at radius 1 is 1.28 bits per heavy atom. The van der Waals surface area contributed by atoms with E-state index < -0.39 is 11.5 Å². The molecular weight excluding hydrogens is 237 g/mol. The van der Waals surface area contributed by atoms with Crippen LogP contribution in [0.2, 0.25) is 0 Å². The molecule has 0 aliphatic rings. The van der Waals surface area contributed by atoms with Gasteiger partial charge in [0.15, 0.2) is 0 Å². The van der Waals surface area contributed by atoms with Gasteiger partial charge in [0.25, 0.3) is 5.56 Å². The molecule has 0 atom stereocenters. The average Bonchev–Trinajstić information content (AvgIpc) is 2.28. The lowest BCUT2D eigenvalue weighted by molar-refractivity contribution is 0.0695. The normalized spacial score (nSPS) is 10.3. The van der Waals surface area contributed by atoms with Crippen LogP contribution in [-0.2, 0) is 6.42 Å². The zero-order chi connectivity index (χ0) is 13.1. The number of nitrogens with one attached hydrogen (secondary N) is 1. The molecular formula is C13H10FNO3. The zero-order valence-electron chi connectivity index (χ0n) is 9.31. The molecule has 0 aliphatic heterocycles. The van der Waals surface area contributed by atoms with Gasteiger partial charge in [0, 0.05) is 12.1 Å². The Kier molecular flexibility index (Phi) is 3.23. The van der Waals surface area contributed by atoms with Crippen LogP contribution in [0.4, 0.5) is 4.39 Å². The van der Waals surface area contributed by atoms with Crippen LogP contribution < -0.4 is 5.56 Å². The number of carboxylic acids is 1. The molecule has 0 fully saturated rings. The summed E-state index contributed by atoms with van der Waals surface area (Å²) >= 11 is 0. The Balaban J connectivity index is 2.28. The predicted octanol–water partition coefficient (Wildman–Crippen LogP) is 1.80. The molecule has 0 unspecified atom stereocenters. The van der Waals surface area contributed by atoms with Crippen molar-refractivity contribution in [1.29, 1.82) is 0 Å². The molecule has 0 spiro atoms. The van der Waals surface area contributed by atoms with Crippen molar-refractivity contribution in [3.8, 4) is 0 Å². The Morgan fingerprint density at radius 2 is 2.06 bits per heavy atom. The molecule has 5 heteroatoms. The van der Waals surface area contributed by atoms with Gasteiger partial charge in [-0.1, -0.05) is 12.1 Å². The number of halogens is 1. The number of aromatic nitrogens is 1. The number of rotatable bonds is 3. The summed E-state index contributed by atoms with van der Waals surface area (Å²) in [4.78, 5) is 24.6. The summed E-state index contributed by atoms with van der Waals surface area (Å²) in [6.07, 6.45) is 0.340. The van der Waals surface area contributed by atoms with Crippen molar-refractivity contribution in [2.75, 3.05) is 0 Å². The van der Waals surface area contributed by atoms with Crippen LogP contribution in [0.25, 0.3) is 0 Å². The van der Waals surface area contributed by atoms with E-state index in [0.717, 1.165) is 0 Å². The molecule has 92 valence electrons. The maximum absolute atomic E-state index is 13.0. The van der Waals surface area contributed by atoms with Crippen molar-refractivity contribution in [2.45, 2.75) is 6.42 Å². The average molecular weight is 247 g/mol. The number of hydrogen-bond acceptors (Lipinski definition) is 2. The van der Waals surface area contributed by atoms with Gasteiger partial charge in [0.2, 0.25) is 0 Å². The predicted molar refractivity (Wildman–Crippen MR) is 63.2 cm³/mol. The van der Waals surface area contributed by atoms with Crippen LogP contribution in [0.1, 0.15) is 21.6 Å². The van der Waals surface area contributed by atoms with Gasteiger partial charge in [0.05, 0.1) is 0 Å². The highest BCUT2D eigenvalue weighted by molar-refractivity contribution is 5.86. The fraction of sp³-hybridized carbons (Fsp3) is 0.0769. The largest absolute Gasteiger partial charge is 0.477 e. The first-order chi connectivity index (χ1) is 8.56.